The second-order valence-corrected chi connectivity index (χ2v) is 9.50. The number of hydrogen-bond acceptors (Lipinski definition) is 5. The Morgan fingerprint density at radius 3 is 2.62 bits per heavy atom. The van der Waals surface area contributed by atoms with Crippen molar-refractivity contribution in [2.24, 2.45) is 11.7 Å². The van der Waals surface area contributed by atoms with Gasteiger partial charge in [0.05, 0.1) is 11.6 Å². The predicted octanol–water partition coefficient (Wildman–Crippen LogP) is 1.43. The van der Waals surface area contributed by atoms with E-state index in [9.17, 15) is 4.79 Å². The number of fused-ring (bicyclic) bond motifs is 1. The molecule has 1 aromatic rings. The van der Waals surface area contributed by atoms with E-state index in [0.29, 0.717) is 17.9 Å². The summed E-state index contributed by atoms with van der Waals surface area (Å²) in [6, 6.07) is 0.686. The second-order valence-electron chi connectivity index (χ2n) is 9.50. The van der Waals surface area contributed by atoms with E-state index in [1.807, 2.05) is 0 Å². The summed E-state index contributed by atoms with van der Waals surface area (Å²) in [6.45, 7) is 5.05. The number of likely N-dealkylation sites (tertiary alicyclic amines) is 1. The average Bonchev–Trinajstić information content (AvgIpc) is 3.56. The van der Waals surface area contributed by atoms with Gasteiger partial charge in [0.15, 0.2) is 0 Å². The monoisotopic (exact) mass is 401 g/mol. The molecule has 7 heteroatoms. The molecule has 3 fully saturated rings. The molecular formula is C22H35N5O2. The van der Waals surface area contributed by atoms with Gasteiger partial charge in [-0.2, -0.15) is 5.10 Å². The molecule has 2 saturated heterocycles. The lowest BCUT2D eigenvalue weighted by molar-refractivity contribution is -0.136. The minimum Gasteiger partial charge on any atom is -0.381 e. The van der Waals surface area contributed by atoms with Crippen LogP contribution in [0.4, 0.5) is 0 Å². The first kappa shape index (κ1) is 19.5. The van der Waals surface area contributed by atoms with Gasteiger partial charge in [-0.25, -0.2) is 0 Å². The maximum absolute atomic E-state index is 13.5. The Bertz CT molecular complexity index is 725. The fraction of sp³-hybridized carbons (Fsp3) is 0.818. The number of rotatable bonds is 3. The van der Waals surface area contributed by atoms with E-state index >= 15 is 0 Å². The van der Waals surface area contributed by atoms with Gasteiger partial charge in [-0.15, -0.1) is 0 Å². The largest absolute Gasteiger partial charge is 0.381 e. The van der Waals surface area contributed by atoms with Crippen LogP contribution in [0.3, 0.4) is 0 Å². The van der Waals surface area contributed by atoms with E-state index in [0.717, 1.165) is 77.9 Å². The molecule has 1 aliphatic carbocycles. The Kier molecular flexibility index (Phi) is 5.63. The van der Waals surface area contributed by atoms with E-state index in [2.05, 4.69) is 20.0 Å². The highest BCUT2D eigenvalue weighted by molar-refractivity contribution is 5.79. The van der Waals surface area contributed by atoms with Gasteiger partial charge in [0.2, 0.25) is 5.91 Å². The molecule has 0 bridgehead atoms. The lowest BCUT2D eigenvalue weighted by atomic mass is 9.99. The molecule has 0 unspecified atom stereocenters. The zero-order chi connectivity index (χ0) is 19.8. The summed E-state index contributed by atoms with van der Waals surface area (Å²) in [4.78, 5) is 18.1. The normalized spacial score (nSPS) is 29.9. The van der Waals surface area contributed by atoms with Crippen molar-refractivity contribution in [3.63, 3.8) is 0 Å². The first-order valence-electron chi connectivity index (χ1n) is 11.6. The van der Waals surface area contributed by atoms with Crippen LogP contribution < -0.4 is 5.73 Å². The van der Waals surface area contributed by atoms with Crippen LogP contribution in [-0.4, -0.2) is 77.4 Å². The molecular weight excluding hydrogens is 366 g/mol. The van der Waals surface area contributed by atoms with E-state index in [4.69, 9.17) is 10.5 Å². The fourth-order valence-corrected chi connectivity index (χ4v) is 5.49. The average molecular weight is 402 g/mol. The van der Waals surface area contributed by atoms with Gasteiger partial charge >= 0.3 is 0 Å². The van der Waals surface area contributed by atoms with Gasteiger partial charge in [-0.05, 0) is 50.5 Å². The minimum atomic E-state index is 0.0730. The Morgan fingerprint density at radius 1 is 1.03 bits per heavy atom. The van der Waals surface area contributed by atoms with Crippen LogP contribution in [0, 0.1) is 5.92 Å². The lowest BCUT2D eigenvalue weighted by Gasteiger charge is -2.36. The number of aromatic nitrogens is 2. The van der Waals surface area contributed by atoms with Crippen molar-refractivity contribution >= 4 is 5.91 Å². The third kappa shape index (κ3) is 4.23. The Morgan fingerprint density at radius 2 is 1.83 bits per heavy atom. The molecule has 1 aromatic heterocycles. The number of nitrogens with zero attached hydrogens (tertiary/aromatic N) is 3. The van der Waals surface area contributed by atoms with Crippen LogP contribution in [0.2, 0.25) is 0 Å². The first-order valence-corrected chi connectivity index (χ1v) is 11.6. The molecule has 4 heterocycles. The number of nitrogens with two attached hydrogens (primary N) is 1. The van der Waals surface area contributed by atoms with Crippen LogP contribution >= 0.6 is 0 Å². The molecule has 0 aromatic carbocycles. The summed E-state index contributed by atoms with van der Waals surface area (Å²) in [7, 11) is 0. The smallest absolute Gasteiger partial charge is 0.226 e. The third-order valence-electron chi connectivity index (χ3n) is 7.39. The first-order chi connectivity index (χ1) is 14.2. The van der Waals surface area contributed by atoms with E-state index in [1.165, 1.54) is 29.8 Å². The standard InChI is InChI=1S/C22H35N5O2/c23-17-4-3-16(13-27(14-17)18-7-11-29-12-8-18)22(28)26-9-5-19-20(6-10-26)24-25-21(19)15-1-2-15/h15-18H,1-14,23H2,(H,24,25)/t16-,17+/m1/s1. The van der Waals surface area contributed by atoms with Crippen LogP contribution in [0.1, 0.15) is 61.4 Å². The molecule has 160 valence electrons. The number of carbonyl (C=O) groups is 1. The van der Waals surface area contributed by atoms with Crippen molar-refractivity contribution in [3.05, 3.63) is 17.0 Å². The van der Waals surface area contributed by atoms with Crippen molar-refractivity contribution in [3.8, 4) is 0 Å². The number of carbonyl (C=O) groups excluding carboxylic acids is 1. The van der Waals surface area contributed by atoms with Crippen molar-refractivity contribution in [2.75, 3.05) is 39.4 Å². The molecule has 1 saturated carbocycles. The van der Waals surface area contributed by atoms with Gasteiger partial charge in [0.25, 0.3) is 0 Å². The van der Waals surface area contributed by atoms with Gasteiger partial charge in [0.1, 0.15) is 0 Å². The van der Waals surface area contributed by atoms with Crippen LogP contribution in [0.25, 0.3) is 0 Å². The maximum atomic E-state index is 13.5. The number of hydrogen-bond donors (Lipinski definition) is 2. The highest BCUT2D eigenvalue weighted by atomic mass is 16.5. The minimum absolute atomic E-state index is 0.0730. The van der Waals surface area contributed by atoms with Crippen molar-refractivity contribution in [1.29, 1.82) is 0 Å². The summed E-state index contributed by atoms with van der Waals surface area (Å²) >= 11 is 0. The Balaban J connectivity index is 1.25. The molecule has 29 heavy (non-hydrogen) atoms. The molecule has 3 N–H and O–H groups in total. The quantitative estimate of drug-likeness (QED) is 0.800. The van der Waals surface area contributed by atoms with Crippen molar-refractivity contribution < 1.29 is 9.53 Å². The molecule has 0 spiro atoms. The van der Waals surface area contributed by atoms with Gasteiger partial charge < -0.3 is 15.4 Å². The zero-order valence-corrected chi connectivity index (χ0v) is 17.4. The van der Waals surface area contributed by atoms with Gasteiger partial charge in [0, 0.05) is 69.5 Å². The zero-order valence-electron chi connectivity index (χ0n) is 17.4. The Labute approximate surface area is 173 Å². The number of ether oxygens (including phenoxy) is 1. The molecule has 2 atom stereocenters. The molecule has 7 nitrogen and oxygen atoms in total. The number of amides is 1. The summed E-state index contributed by atoms with van der Waals surface area (Å²) in [6.07, 6.45) is 8.35. The predicted molar refractivity (Wildman–Crippen MR) is 111 cm³/mol. The summed E-state index contributed by atoms with van der Waals surface area (Å²) in [5.74, 6) is 1.07. The summed E-state index contributed by atoms with van der Waals surface area (Å²) < 4.78 is 5.54. The molecule has 0 radical (unpaired) electrons. The highest BCUT2D eigenvalue weighted by Crippen LogP contribution is 2.41. The molecule has 5 rings (SSSR count). The topological polar surface area (TPSA) is 87.5 Å². The molecule has 3 aliphatic heterocycles. The van der Waals surface area contributed by atoms with Crippen LogP contribution in [-0.2, 0) is 22.4 Å². The summed E-state index contributed by atoms with van der Waals surface area (Å²) in [5.41, 5.74) is 10.3. The maximum Gasteiger partial charge on any atom is 0.226 e. The van der Waals surface area contributed by atoms with Crippen molar-refractivity contribution in [1.82, 2.24) is 20.0 Å². The SMILES string of the molecule is N[C@H]1CC[C@@H](C(=O)N2CCc3[nH]nc(C4CC4)c3CC2)CN(C2CCOCC2)C1. The lowest BCUT2D eigenvalue weighted by Crippen LogP contribution is -2.48. The van der Waals surface area contributed by atoms with Gasteiger partial charge in [-0.1, -0.05) is 0 Å². The van der Waals surface area contributed by atoms with Gasteiger partial charge in [-0.3, -0.25) is 14.8 Å². The van der Waals surface area contributed by atoms with Crippen LogP contribution in [0.5, 0.6) is 0 Å². The van der Waals surface area contributed by atoms with Crippen molar-refractivity contribution in [2.45, 2.75) is 69.4 Å². The number of aromatic amines is 1. The molecule has 4 aliphatic rings. The molecule has 1 amide bonds. The third-order valence-corrected chi connectivity index (χ3v) is 7.39. The number of nitrogens with one attached hydrogen (secondary N) is 1. The van der Waals surface area contributed by atoms with E-state index in [1.54, 1.807) is 0 Å². The Hall–Kier alpha value is -1.44. The highest BCUT2D eigenvalue weighted by Gasteiger charge is 2.35. The summed E-state index contributed by atoms with van der Waals surface area (Å²) in [5, 5.41) is 7.85. The van der Waals surface area contributed by atoms with E-state index in [-0.39, 0.29) is 12.0 Å². The van der Waals surface area contributed by atoms with E-state index < -0.39 is 0 Å². The van der Waals surface area contributed by atoms with Crippen LogP contribution in [0.15, 0.2) is 0 Å². The number of H-pyrrole nitrogens is 1. The fourth-order valence-electron chi connectivity index (χ4n) is 5.49. The second kappa shape index (κ2) is 8.36.